The van der Waals surface area contributed by atoms with E-state index in [1.807, 2.05) is 0 Å². The fourth-order valence-electron chi connectivity index (χ4n) is 3.64. The Balaban J connectivity index is 1.59. The van der Waals surface area contributed by atoms with Crippen LogP contribution in [-0.4, -0.2) is 41.9 Å². The molecule has 1 aliphatic heterocycles. The molecule has 25 heavy (non-hydrogen) atoms. The Labute approximate surface area is 154 Å². The van der Waals surface area contributed by atoms with Gasteiger partial charge in [0.2, 0.25) is 0 Å². The zero-order valence-corrected chi connectivity index (χ0v) is 15.5. The van der Waals surface area contributed by atoms with E-state index in [4.69, 9.17) is 16.3 Å². The fourth-order valence-corrected chi connectivity index (χ4v) is 3.79. The van der Waals surface area contributed by atoms with Gasteiger partial charge in [-0.1, -0.05) is 31.4 Å². The van der Waals surface area contributed by atoms with Crippen molar-refractivity contribution in [2.45, 2.75) is 51.6 Å². The third-order valence-electron chi connectivity index (χ3n) is 5.15. The van der Waals surface area contributed by atoms with Crippen molar-refractivity contribution in [3.8, 4) is 0 Å². The van der Waals surface area contributed by atoms with Gasteiger partial charge in [0, 0.05) is 25.8 Å². The summed E-state index contributed by atoms with van der Waals surface area (Å²) in [5, 5.41) is 14.4. The molecule has 1 amide bonds. The summed E-state index contributed by atoms with van der Waals surface area (Å²) in [5.74, 6) is 1.04. The normalized spacial score (nSPS) is 24.2. The van der Waals surface area contributed by atoms with Gasteiger partial charge in [-0.25, -0.2) is 0 Å². The fraction of sp³-hybridized carbons (Fsp3) is 0.722. The SMILES string of the molecule is C[C@H]1CCOC(CNc2cc(Cl)nnc2C(=O)NCC2CCCC2)C1. The number of rotatable bonds is 6. The average Bonchev–Trinajstić information content (AvgIpc) is 3.11. The number of nitrogens with zero attached hydrogens (tertiary/aromatic N) is 2. The molecule has 1 aromatic rings. The summed E-state index contributed by atoms with van der Waals surface area (Å²) in [5.41, 5.74) is 0.914. The highest BCUT2D eigenvalue weighted by Gasteiger charge is 2.22. The monoisotopic (exact) mass is 366 g/mol. The molecule has 1 aromatic heterocycles. The predicted molar refractivity (Wildman–Crippen MR) is 98.0 cm³/mol. The van der Waals surface area contributed by atoms with E-state index in [9.17, 15) is 4.79 Å². The highest BCUT2D eigenvalue weighted by atomic mass is 35.5. The van der Waals surface area contributed by atoms with Crippen molar-refractivity contribution in [1.29, 1.82) is 0 Å². The Bertz CT molecular complexity index is 592. The summed E-state index contributed by atoms with van der Waals surface area (Å²) in [7, 11) is 0. The molecule has 2 atom stereocenters. The molecule has 138 valence electrons. The second-order valence-electron chi connectivity index (χ2n) is 7.29. The first-order chi connectivity index (χ1) is 12.1. The van der Waals surface area contributed by atoms with Crippen LogP contribution in [0.4, 0.5) is 5.69 Å². The molecule has 2 fully saturated rings. The van der Waals surface area contributed by atoms with Gasteiger partial charge < -0.3 is 15.4 Å². The lowest BCUT2D eigenvalue weighted by molar-refractivity contribution is 0.00337. The number of hydrogen-bond donors (Lipinski definition) is 2. The molecule has 0 spiro atoms. The van der Waals surface area contributed by atoms with Gasteiger partial charge in [-0.2, -0.15) is 0 Å². The third kappa shape index (κ3) is 5.28. The van der Waals surface area contributed by atoms with Crippen LogP contribution in [0.25, 0.3) is 0 Å². The van der Waals surface area contributed by atoms with Gasteiger partial charge in [0.25, 0.3) is 5.91 Å². The quantitative estimate of drug-likeness (QED) is 0.808. The molecule has 1 unspecified atom stereocenters. The van der Waals surface area contributed by atoms with E-state index in [0.29, 0.717) is 36.3 Å². The van der Waals surface area contributed by atoms with Crippen LogP contribution in [0.5, 0.6) is 0 Å². The maximum atomic E-state index is 12.5. The van der Waals surface area contributed by atoms with Crippen LogP contribution in [0, 0.1) is 11.8 Å². The smallest absolute Gasteiger partial charge is 0.273 e. The van der Waals surface area contributed by atoms with Gasteiger partial charge in [0.1, 0.15) is 0 Å². The second kappa shape index (κ2) is 8.81. The Morgan fingerprint density at radius 2 is 2.08 bits per heavy atom. The molecule has 0 aromatic carbocycles. The summed E-state index contributed by atoms with van der Waals surface area (Å²) in [4.78, 5) is 12.5. The van der Waals surface area contributed by atoms with Crippen molar-refractivity contribution >= 4 is 23.2 Å². The Morgan fingerprint density at radius 1 is 1.28 bits per heavy atom. The van der Waals surface area contributed by atoms with E-state index in [2.05, 4.69) is 27.8 Å². The van der Waals surface area contributed by atoms with Crippen LogP contribution < -0.4 is 10.6 Å². The summed E-state index contributed by atoms with van der Waals surface area (Å²) in [6.45, 7) is 4.36. The minimum Gasteiger partial charge on any atom is -0.380 e. The minimum atomic E-state index is -0.198. The van der Waals surface area contributed by atoms with E-state index >= 15 is 0 Å². The Hall–Kier alpha value is -1.40. The van der Waals surface area contributed by atoms with Gasteiger partial charge in [-0.05, 0) is 37.5 Å². The number of aromatic nitrogens is 2. The van der Waals surface area contributed by atoms with Crippen LogP contribution in [0.3, 0.4) is 0 Å². The Morgan fingerprint density at radius 3 is 2.84 bits per heavy atom. The maximum Gasteiger partial charge on any atom is 0.273 e. The van der Waals surface area contributed by atoms with Crippen LogP contribution in [0.1, 0.15) is 55.9 Å². The first-order valence-corrected chi connectivity index (χ1v) is 9.66. The lowest BCUT2D eigenvalue weighted by Gasteiger charge is -2.27. The highest BCUT2D eigenvalue weighted by molar-refractivity contribution is 6.29. The lowest BCUT2D eigenvalue weighted by Crippen LogP contribution is -2.32. The molecule has 2 aliphatic rings. The number of ether oxygens (including phenoxy) is 1. The second-order valence-corrected chi connectivity index (χ2v) is 7.68. The van der Waals surface area contributed by atoms with Crippen molar-refractivity contribution in [3.05, 3.63) is 16.9 Å². The van der Waals surface area contributed by atoms with E-state index < -0.39 is 0 Å². The number of amides is 1. The first kappa shape index (κ1) is 18.4. The number of carbonyl (C=O) groups excluding carboxylic acids is 1. The predicted octanol–water partition coefficient (Wildman–Crippen LogP) is 3.28. The third-order valence-corrected chi connectivity index (χ3v) is 5.34. The summed E-state index contributed by atoms with van der Waals surface area (Å²) in [6.07, 6.45) is 7.16. The van der Waals surface area contributed by atoms with Crippen LogP contribution in [0.2, 0.25) is 5.15 Å². The summed E-state index contributed by atoms with van der Waals surface area (Å²) >= 11 is 5.97. The standard InChI is InChI=1S/C18H27ClN4O2/c1-12-6-7-25-14(8-12)11-20-15-9-16(19)22-23-17(15)18(24)21-10-13-4-2-3-5-13/h9,12-14H,2-8,10-11H2,1H3,(H,20,22)(H,21,24)/t12-,14?/m0/s1. The van der Waals surface area contributed by atoms with Crippen molar-refractivity contribution in [3.63, 3.8) is 0 Å². The van der Waals surface area contributed by atoms with Crippen LogP contribution >= 0.6 is 11.6 Å². The molecule has 2 N–H and O–H groups in total. The number of carbonyl (C=O) groups is 1. The van der Waals surface area contributed by atoms with Gasteiger partial charge in [0.15, 0.2) is 10.8 Å². The Kier molecular flexibility index (Phi) is 6.48. The van der Waals surface area contributed by atoms with Crippen molar-refractivity contribution in [1.82, 2.24) is 15.5 Å². The largest absolute Gasteiger partial charge is 0.380 e. The zero-order valence-electron chi connectivity index (χ0n) is 14.8. The molecule has 7 heteroatoms. The van der Waals surface area contributed by atoms with E-state index in [1.165, 1.54) is 25.7 Å². The number of halogens is 1. The molecular formula is C18H27ClN4O2. The van der Waals surface area contributed by atoms with Gasteiger partial charge in [-0.15, -0.1) is 10.2 Å². The topological polar surface area (TPSA) is 76.1 Å². The van der Waals surface area contributed by atoms with E-state index in [0.717, 1.165) is 19.4 Å². The molecule has 1 saturated heterocycles. The van der Waals surface area contributed by atoms with Gasteiger partial charge in [0.05, 0.1) is 11.8 Å². The molecule has 1 aliphatic carbocycles. The molecular weight excluding hydrogens is 340 g/mol. The molecule has 1 saturated carbocycles. The van der Waals surface area contributed by atoms with E-state index in [1.54, 1.807) is 6.07 Å². The average molecular weight is 367 g/mol. The van der Waals surface area contributed by atoms with Crippen LogP contribution in [-0.2, 0) is 4.74 Å². The van der Waals surface area contributed by atoms with Crippen LogP contribution in [0.15, 0.2) is 6.07 Å². The van der Waals surface area contributed by atoms with Gasteiger partial charge in [-0.3, -0.25) is 4.79 Å². The number of nitrogens with one attached hydrogen (secondary N) is 2. The number of anilines is 1. The molecule has 6 nitrogen and oxygen atoms in total. The molecule has 0 radical (unpaired) electrons. The van der Waals surface area contributed by atoms with Gasteiger partial charge >= 0.3 is 0 Å². The summed E-state index contributed by atoms with van der Waals surface area (Å²) in [6, 6.07) is 1.66. The molecule has 3 rings (SSSR count). The molecule has 2 heterocycles. The highest BCUT2D eigenvalue weighted by Crippen LogP contribution is 2.24. The number of hydrogen-bond acceptors (Lipinski definition) is 5. The minimum absolute atomic E-state index is 0.144. The lowest BCUT2D eigenvalue weighted by atomic mass is 9.98. The van der Waals surface area contributed by atoms with Crippen molar-refractivity contribution in [2.24, 2.45) is 11.8 Å². The first-order valence-electron chi connectivity index (χ1n) is 9.28. The maximum absolute atomic E-state index is 12.5. The van der Waals surface area contributed by atoms with E-state index in [-0.39, 0.29) is 17.2 Å². The van der Waals surface area contributed by atoms with Crippen molar-refractivity contribution < 1.29 is 9.53 Å². The van der Waals surface area contributed by atoms with Crippen molar-refractivity contribution in [2.75, 3.05) is 25.0 Å². The zero-order chi connectivity index (χ0) is 17.6. The summed E-state index contributed by atoms with van der Waals surface area (Å²) < 4.78 is 5.78. The molecule has 0 bridgehead atoms.